The lowest BCUT2D eigenvalue weighted by Crippen LogP contribution is -2.13. The molecule has 0 saturated carbocycles. The summed E-state index contributed by atoms with van der Waals surface area (Å²) in [5.41, 5.74) is 13.8. The molecule has 0 spiro atoms. The number of primary amides is 1. The maximum atomic E-state index is 11.5. The van der Waals surface area contributed by atoms with Crippen LogP contribution in [0.4, 0.5) is 11.4 Å². The molecule has 0 atom stereocenters. The monoisotopic (exact) mass is 285 g/mol. The highest BCUT2D eigenvalue weighted by Gasteiger charge is 2.08. The molecule has 110 valence electrons. The van der Waals surface area contributed by atoms with Crippen LogP contribution in [-0.2, 0) is 0 Å². The van der Waals surface area contributed by atoms with Crippen molar-refractivity contribution in [3.63, 3.8) is 0 Å². The number of carbonyl (C=O) groups is 1. The topological polar surface area (TPSA) is 90.4 Å². The van der Waals surface area contributed by atoms with Crippen molar-refractivity contribution in [3.05, 3.63) is 53.6 Å². The van der Waals surface area contributed by atoms with Crippen molar-refractivity contribution in [1.29, 1.82) is 0 Å². The van der Waals surface area contributed by atoms with Gasteiger partial charge in [0.25, 0.3) is 5.91 Å². The molecule has 0 saturated heterocycles. The molecule has 21 heavy (non-hydrogen) atoms. The molecular formula is C16H19N3O2. The first-order chi connectivity index (χ1) is 10.1. The summed E-state index contributed by atoms with van der Waals surface area (Å²) in [5.74, 6) is 0.256. The number of hydrogen-bond acceptors (Lipinski definition) is 4. The van der Waals surface area contributed by atoms with Crippen LogP contribution in [0.1, 0.15) is 15.9 Å². The van der Waals surface area contributed by atoms with E-state index in [1.54, 1.807) is 6.07 Å². The van der Waals surface area contributed by atoms with E-state index in [1.807, 2.05) is 43.3 Å². The molecule has 0 aliphatic carbocycles. The maximum Gasteiger partial charge on any atom is 0.250 e. The molecule has 0 bridgehead atoms. The van der Waals surface area contributed by atoms with E-state index in [9.17, 15) is 4.79 Å². The first-order valence-corrected chi connectivity index (χ1v) is 6.70. The van der Waals surface area contributed by atoms with Crippen molar-refractivity contribution in [2.75, 3.05) is 18.5 Å². The van der Waals surface area contributed by atoms with Crippen molar-refractivity contribution in [1.82, 2.24) is 0 Å². The molecule has 1 amide bonds. The van der Waals surface area contributed by atoms with Gasteiger partial charge in [-0.2, -0.15) is 0 Å². The van der Waals surface area contributed by atoms with Gasteiger partial charge in [0.2, 0.25) is 0 Å². The Morgan fingerprint density at radius 3 is 2.76 bits per heavy atom. The summed E-state index contributed by atoms with van der Waals surface area (Å²) in [6.07, 6.45) is 0. The molecule has 2 aromatic rings. The van der Waals surface area contributed by atoms with Crippen LogP contribution in [0.25, 0.3) is 0 Å². The van der Waals surface area contributed by atoms with Gasteiger partial charge in [-0.1, -0.05) is 12.1 Å². The quantitative estimate of drug-likeness (QED) is 0.758. The number of ether oxygens (including phenoxy) is 1. The molecular weight excluding hydrogens is 266 g/mol. The third kappa shape index (κ3) is 3.97. The predicted molar refractivity (Wildman–Crippen MR) is 84.0 cm³/mol. The van der Waals surface area contributed by atoms with E-state index in [0.717, 1.165) is 17.0 Å². The van der Waals surface area contributed by atoms with Gasteiger partial charge in [-0.25, -0.2) is 0 Å². The highest BCUT2D eigenvalue weighted by Crippen LogP contribution is 2.25. The normalized spacial score (nSPS) is 10.2. The Labute approximate surface area is 123 Å². The largest absolute Gasteiger partial charge is 0.492 e. The number of nitrogens with two attached hydrogens (primary N) is 2. The molecule has 0 unspecified atom stereocenters. The fourth-order valence-electron chi connectivity index (χ4n) is 1.97. The average Bonchev–Trinajstić information content (AvgIpc) is 2.45. The van der Waals surface area contributed by atoms with Crippen LogP contribution in [0.2, 0.25) is 0 Å². The van der Waals surface area contributed by atoms with E-state index in [-0.39, 0.29) is 0 Å². The second-order valence-electron chi connectivity index (χ2n) is 4.70. The number of benzene rings is 2. The molecule has 0 aromatic heterocycles. The SMILES string of the molecule is Cc1ccc(C(N)=O)c(Nc2cccc(OCCN)c2)c1. The molecule has 5 N–H and O–H groups in total. The van der Waals surface area contributed by atoms with Crippen LogP contribution in [-0.4, -0.2) is 19.1 Å². The summed E-state index contributed by atoms with van der Waals surface area (Å²) in [4.78, 5) is 11.5. The Hall–Kier alpha value is -2.53. The lowest BCUT2D eigenvalue weighted by molar-refractivity contribution is 0.100. The van der Waals surface area contributed by atoms with E-state index in [4.69, 9.17) is 16.2 Å². The Bertz CT molecular complexity index is 641. The van der Waals surface area contributed by atoms with Gasteiger partial charge in [0.1, 0.15) is 12.4 Å². The molecule has 0 heterocycles. The molecule has 5 nitrogen and oxygen atoms in total. The van der Waals surface area contributed by atoms with Crippen LogP contribution >= 0.6 is 0 Å². The van der Waals surface area contributed by atoms with Crippen molar-refractivity contribution in [3.8, 4) is 5.75 Å². The molecule has 2 aromatic carbocycles. The maximum absolute atomic E-state index is 11.5. The van der Waals surface area contributed by atoms with E-state index in [1.165, 1.54) is 0 Å². The summed E-state index contributed by atoms with van der Waals surface area (Å²) in [7, 11) is 0. The Balaban J connectivity index is 2.25. The third-order valence-electron chi connectivity index (χ3n) is 2.94. The summed E-state index contributed by atoms with van der Waals surface area (Å²) < 4.78 is 5.48. The minimum Gasteiger partial charge on any atom is -0.492 e. The second kappa shape index (κ2) is 6.76. The smallest absolute Gasteiger partial charge is 0.250 e. The van der Waals surface area contributed by atoms with Crippen LogP contribution in [0.5, 0.6) is 5.75 Å². The number of amides is 1. The second-order valence-corrected chi connectivity index (χ2v) is 4.70. The van der Waals surface area contributed by atoms with Crippen LogP contribution in [0.3, 0.4) is 0 Å². The molecule has 0 aliphatic rings. The van der Waals surface area contributed by atoms with E-state index in [0.29, 0.717) is 24.4 Å². The highest BCUT2D eigenvalue weighted by atomic mass is 16.5. The predicted octanol–water partition coefficient (Wildman–Crippen LogP) is 2.18. The van der Waals surface area contributed by atoms with E-state index < -0.39 is 5.91 Å². The van der Waals surface area contributed by atoms with Crippen LogP contribution < -0.4 is 21.5 Å². The zero-order valence-electron chi connectivity index (χ0n) is 11.9. The van der Waals surface area contributed by atoms with Crippen molar-refractivity contribution < 1.29 is 9.53 Å². The lowest BCUT2D eigenvalue weighted by atomic mass is 10.1. The molecule has 0 fully saturated rings. The number of anilines is 2. The fraction of sp³-hybridized carbons (Fsp3) is 0.188. The summed E-state index contributed by atoms with van der Waals surface area (Å²) >= 11 is 0. The summed E-state index contributed by atoms with van der Waals surface area (Å²) in [6, 6.07) is 12.9. The first kappa shape index (κ1) is 14.9. The number of rotatable bonds is 6. The van der Waals surface area contributed by atoms with Gasteiger partial charge in [-0.15, -0.1) is 0 Å². The van der Waals surface area contributed by atoms with Crippen molar-refractivity contribution >= 4 is 17.3 Å². The zero-order chi connectivity index (χ0) is 15.2. The number of nitrogens with one attached hydrogen (secondary N) is 1. The number of aryl methyl sites for hydroxylation is 1. The third-order valence-corrected chi connectivity index (χ3v) is 2.94. The Morgan fingerprint density at radius 1 is 1.24 bits per heavy atom. The first-order valence-electron chi connectivity index (χ1n) is 6.70. The lowest BCUT2D eigenvalue weighted by Gasteiger charge is -2.12. The van der Waals surface area contributed by atoms with Gasteiger partial charge in [-0.05, 0) is 36.8 Å². The van der Waals surface area contributed by atoms with E-state index in [2.05, 4.69) is 5.32 Å². The van der Waals surface area contributed by atoms with Gasteiger partial charge >= 0.3 is 0 Å². The minimum atomic E-state index is -0.465. The molecule has 0 radical (unpaired) electrons. The van der Waals surface area contributed by atoms with Crippen LogP contribution in [0.15, 0.2) is 42.5 Å². The minimum absolute atomic E-state index is 0.453. The van der Waals surface area contributed by atoms with E-state index >= 15 is 0 Å². The Kier molecular flexibility index (Phi) is 4.79. The van der Waals surface area contributed by atoms with Crippen molar-refractivity contribution in [2.45, 2.75) is 6.92 Å². The molecule has 5 heteroatoms. The van der Waals surface area contributed by atoms with Gasteiger partial charge < -0.3 is 21.5 Å². The fourth-order valence-corrected chi connectivity index (χ4v) is 1.97. The average molecular weight is 285 g/mol. The standard InChI is InChI=1S/C16H19N3O2/c1-11-5-6-14(16(18)20)15(9-11)19-12-3-2-4-13(10-12)21-8-7-17/h2-6,9-10,19H,7-8,17H2,1H3,(H2,18,20). The molecule has 0 aliphatic heterocycles. The zero-order valence-corrected chi connectivity index (χ0v) is 11.9. The van der Waals surface area contributed by atoms with Crippen molar-refractivity contribution in [2.24, 2.45) is 11.5 Å². The van der Waals surface area contributed by atoms with Crippen LogP contribution in [0, 0.1) is 6.92 Å². The van der Waals surface area contributed by atoms with Gasteiger partial charge in [0.15, 0.2) is 0 Å². The number of hydrogen-bond donors (Lipinski definition) is 3. The molecule has 2 rings (SSSR count). The summed E-state index contributed by atoms with van der Waals surface area (Å²) in [5, 5.41) is 3.20. The highest BCUT2D eigenvalue weighted by molar-refractivity contribution is 5.99. The van der Waals surface area contributed by atoms with Gasteiger partial charge in [0, 0.05) is 18.3 Å². The Morgan fingerprint density at radius 2 is 2.05 bits per heavy atom. The summed E-state index contributed by atoms with van der Waals surface area (Å²) in [6.45, 7) is 2.87. The van der Waals surface area contributed by atoms with Gasteiger partial charge in [0.05, 0.1) is 11.3 Å². The number of carbonyl (C=O) groups excluding carboxylic acids is 1. The van der Waals surface area contributed by atoms with Gasteiger partial charge in [-0.3, -0.25) is 4.79 Å².